The maximum absolute atomic E-state index is 12.8. The molecule has 0 fully saturated rings. The standard InChI is InChI=1S/C16H10Br2ClNO/c1-20-8-14(13-3-2-12(19)7-15(13)20)16(21)9-4-10(17)6-11(18)5-9/h2-8H,1H3. The molecule has 0 aliphatic heterocycles. The Morgan fingerprint density at radius 1 is 1.10 bits per heavy atom. The second-order valence-electron chi connectivity index (χ2n) is 4.80. The predicted octanol–water partition coefficient (Wildman–Crippen LogP) is 5.59. The summed E-state index contributed by atoms with van der Waals surface area (Å²) in [5.74, 6) is -0.00933. The molecule has 0 saturated heterocycles. The number of aryl methyl sites for hydroxylation is 1. The molecule has 0 atom stereocenters. The zero-order valence-corrected chi connectivity index (χ0v) is 15.0. The first-order valence-electron chi connectivity index (χ1n) is 6.21. The Morgan fingerprint density at radius 3 is 2.43 bits per heavy atom. The Hall–Kier alpha value is -1.10. The summed E-state index contributed by atoms with van der Waals surface area (Å²) in [7, 11) is 1.91. The molecule has 0 unspecified atom stereocenters. The van der Waals surface area contributed by atoms with Crippen LogP contribution in [0, 0.1) is 0 Å². The predicted molar refractivity (Wildman–Crippen MR) is 93.2 cm³/mol. The van der Waals surface area contributed by atoms with Crippen LogP contribution < -0.4 is 0 Å². The van der Waals surface area contributed by atoms with Gasteiger partial charge < -0.3 is 4.57 Å². The van der Waals surface area contributed by atoms with E-state index in [0.717, 1.165) is 19.8 Å². The molecule has 2 nitrogen and oxygen atoms in total. The van der Waals surface area contributed by atoms with Crippen molar-refractivity contribution in [2.75, 3.05) is 0 Å². The van der Waals surface area contributed by atoms with E-state index in [1.54, 1.807) is 6.07 Å². The molecule has 2 aromatic carbocycles. The summed E-state index contributed by atoms with van der Waals surface area (Å²) in [4.78, 5) is 12.8. The summed E-state index contributed by atoms with van der Waals surface area (Å²) in [6, 6.07) is 11.1. The first-order valence-corrected chi connectivity index (χ1v) is 8.17. The highest BCUT2D eigenvalue weighted by molar-refractivity contribution is 9.11. The lowest BCUT2D eigenvalue weighted by atomic mass is 10.0. The van der Waals surface area contributed by atoms with Gasteiger partial charge in [-0.25, -0.2) is 0 Å². The summed E-state index contributed by atoms with van der Waals surface area (Å²) in [5.41, 5.74) is 2.26. The van der Waals surface area contributed by atoms with Gasteiger partial charge in [-0.15, -0.1) is 0 Å². The second-order valence-corrected chi connectivity index (χ2v) is 7.07. The second kappa shape index (κ2) is 5.59. The Bertz CT molecular complexity index is 850. The first kappa shape index (κ1) is 14.8. The maximum atomic E-state index is 12.8. The van der Waals surface area contributed by atoms with Gasteiger partial charge in [-0.2, -0.15) is 0 Å². The fourth-order valence-corrected chi connectivity index (χ4v) is 3.84. The molecule has 0 bridgehead atoms. The smallest absolute Gasteiger partial charge is 0.195 e. The van der Waals surface area contributed by atoms with Crippen LogP contribution in [-0.2, 0) is 7.05 Å². The third-order valence-electron chi connectivity index (χ3n) is 3.32. The monoisotopic (exact) mass is 425 g/mol. The number of fused-ring (bicyclic) bond motifs is 1. The Balaban J connectivity index is 2.18. The van der Waals surface area contributed by atoms with Crippen LogP contribution in [0.1, 0.15) is 15.9 Å². The normalized spacial score (nSPS) is 11.0. The van der Waals surface area contributed by atoms with Crippen LogP contribution in [0.5, 0.6) is 0 Å². The van der Waals surface area contributed by atoms with Gasteiger partial charge in [0.1, 0.15) is 0 Å². The van der Waals surface area contributed by atoms with Crippen LogP contribution in [-0.4, -0.2) is 10.4 Å². The van der Waals surface area contributed by atoms with Gasteiger partial charge in [0.25, 0.3) is 0 Å². The van der Waals surface area contributed by atoms with Crippen molar-refractivity contribution in [3.63, 3.8) is 0 Å². The van der Waals surface area contributed by atoms with Crippen LogP contribution in [0.15, 0.2) is 51.5 Å². The van der Waals surface area contributed by atoms with Gasteiger partial charge in [0.2, 0.25) is 0 Å². The molecule has 3 rings (SSSR count). The largest absolute Gasteiger partial charge is 0.350 e. The Morgan fingerprint density at radius 2 is 1.76 bits per heavy atom. The van der Waals surface area contributed by atoms with Crippen molar-refractivity contribution in [2.45, 2.75) is 0 Å². The van der Waals surface area contributed by atoms with E-state index in [9.17, 15) is 4.79 Å². The molecule has 0 spiro atoms. The number of carbonyl (C=O) groups is 1. The number of benzene rings is 2. The van der Waals surface area contributed by atoms with Gasteiger partial charge >= 0.3 is 0 Å². The van der Waals surface area contributed by atoms with Gasteiger partial charge in [-0.05, 0) is 30.3 Å². The lowest BCUT2D eigenvalue weighted by Crippen LogP contribution is -2.00. The highest BCUT2D eigenvalue weighted by Gasteiger charge is 2.16. The molecule has 106 valence electrons. The summed E-state index contributed by atoms with van der Waals surface area (Å²) in [6.45, 7) is 0. The Kier molecular flexibility index (Phi) is 3.95. The minimum absolute atomic E-state index is 0.00933. The molecule has 0 aliphatic rings. The van der Waals surface area contributed by atoms with E-state index in [1.165, 1.54) is 0 Å². The van der Waals surface area contributed by atoms with Gasteiger partial charge in [-0.1, -0.05) is 49.5 Å². The van der Waals surface area contributed by atoms with Crippen molar-refractivity contribution in [1.82, 2.24) is 4.57 Å². The minimum atomic E-state index is -0.00933. The van der Waals surface area contributed by atoms with Crippen molar-refractivity contribution in [3.05, 3.63) is 67.7 Å². The average Bonchev–Trinajstić information content (AvgIpc) is 2.74. The topological polar surface area (TPSA) is 22.0 Å². The van der Waals surface area contributed by atoms with Crippen LogP contribution in [0.25, 0.3) is 10.9 Å². The van der Waals surface area contributed by atoms with E-state index in [2.05, 4.69) is 31.9 Å². The van der Waals surface area contributed by atoms with E-state index in [1.807, 2.05) is 48.1 Å². The number of rotatable bonds is 2. The molecule has 1 aromatic heterocycles. The highest BCUT2D eigenvalue weighted by atomic mass is 79.9. The molecule has 0 N–H and O–H groups in total. The van der Waals surface area contributed by atoms with Crippen molar-refractivity contribution < 1.29 is 4.79 Å². The van der Waals surface area contributed by atoms with Crippen LogP contribution in [0.4, 0.5) is 0 Å². The molecule has 5 heteroatoms. The number of hydrogen-bond donors (Lipinski definition) is 0. The average molecular weight is 428 g/mol. The first-order chi connectivity index (χ1) is 9.95. The van der Waals surface area contributed by atoms with Gasteiger partial charge in [0, 0.05) is 49.2 Å². The Labute approximate surface area is 144 Å². The number of carbonyl (C=O) groups excluding carboxylic acids is 1. The number of hydrogen-bond acceptors (Lipinski definition) is 1. The van der Waals surface area contributed by atoms with Crippen LogP contribution in [0.2, 0.25) is 5.02 Å². The fraction of sp³-hybridized carbons (Fsp3) is 0.0625. The SMILES string of the molecule is Cn1cc(C(=O)c2cc(Br)cc(Br)c2)c2ccc(Cl)cc21. The van der Waals surface area contributed by atoms with E-state index in [0.29, 0.717) is 16.1 Å². The number of ketones is 1. The summed E-state index contributed by atoms with van der Waals surface area (Å²) < 4.78 is 3.65. The summed E-state index contributed by atoms with van der Waals surface area (Å²) in [6.07, 6.45) is 1.85. The summed E-state index contributed by atoms with van der Waals surface area (Å²) >= 11 is 12.9. The third kappa shape index (κ3) is 2.80. The molecule has 0 amide bonds. The molecule has 0 aliphatic carbocycles. The van der Waals surface area contributed by atoms with E-state index in [4.69, 9.17) is 11.6 Å². The van der Waals surface area contributed by atoms with Crippen molar-refractivity contribution in [2.24, 2.45) is 7.05 Å². The molecule has 0 saturated carbocycles. The van der Waals surface area contributed by atoms with E-state index >= 15 is 0 Å². The van der Waals surface area contributed by atoms with Gasteiger partial charge in [0.05, 0.1) is 0 Å². The lowest BCUT2D eigenvalue weighted by Gasteiger charge is -2.02. The van der Waals surface area contributed by atoms with Crippen molar-refractivity contribution in [1.29, 1.82) is 0 Å². The van der Waals surface area contributed by atoms with E-state index < -0.39 is 0 Å². The van der Waals surface area contributed by atoms with Gasteiger partial charge in [-0.3, -0.25) is 4.79 Å². The third-order valence-corrected chi connectivity index (χ3v) is 4.47. The molecular weight excluding hydrogens is 417 g/mol. The van der Waals surface area contributed by atoms with Gasteiger partial charge in [0.15, 0.2) is 5.78 Å². The molecule has 21 heavy (non-hydrogen) atoms. The van der Waals surface area contributed by atoms with Crippen LogP contribution >= 0.6 is 43.5 Å². The molecular formula is C16H10Br2ClNO. The quantitative estimate of drug-likeness (QED) is 0.489. The molecule has 3 aromatic rings. The zero-order valence-electron chi connectivity index (χ0n) is 11.0. The molecule has 0 radical (unpaired) electrons. The number of nitrogens with zero attached hydrogens (tertiary/aromatic N) is 1. The number of aromatic nitrogens is 1. The number of halogens is 3. The maximum Gasteiger partial charge on any atom is 0.195 e. The summed E-state index contributed by atoms with van der Waals surface area (Å²) in [5, 5.41) is 1.57. The lowest BCUT2D eigenvalue weighted by molar-refractivity contribution is 0.104. The zero-order chi connectivity index (χ0) is 15.1. The van der Waals surface area contributed by atoms with Crippen molar-refractivity contribution >= 4 is 60.1 Å². The fourth-order valence-electron chi connectivity index (χ4n) is 2.38. The van der Waals surface area contributed by atoms with Crippen molar-refractivity contribution in [3.8, 4) is 0 Å². The highest BCUT2D eigenvalue weighted by Crippen LogP contribution is 2.28. The molecule has 1 heterocycles. The minimum Gasteiger partial charge on any atom is -0.350 e. The van der Waals surface area contributed by atoms with E-state index in [-0.39, 0.29) is 5.78 Å². The van der Waals surface area contributed by atoms with Crippen LogP contribution in [0.3, 0.4) is 0 Å².